The first-order chi connectivity index (χ1) is 19.8. The van der Waals surface area contributed by atoms with Crippen molar-refractivity contribution in [2.45, 2.75) is 95.4 Å². The van der Waals surface area contributed by atoms with Crippen LogP contribution in [0.3, 0.4) is 0 Å². The Morgan fingerprint density at radius 1 is 1.14 bits per heavy atom. The third-order valence-electron chi connectivity index (χ3n) is 7.47. The van der Waals surface area contributed by atoms with Crippen molar-refractivity contribution in [3.63, 3.8) is 0 Å². The Balaban J connectivity index is 1.53. The second kappa shape index (κ2) is 12.7. The predicted octanol–water partition coefficient (Wildman–Crippen LogP) is 2.13. The molecule has 13 nitrogen and oxygen atoms in total. The van der Waals surface area contributed by atoms with Crippen LogP contribution in [0.5, 0.6) is 0 Å². The zero-order chi connectivity index (χ0) is 30.5. The van der Waals surface area contributed by atoms with Gasteiger partial charge in [-0.05, 0) is 71.4 Å². The molecule has 4 atom stereocenters. The molecule has 1 aliphatic carbocycles. The molecule has 3 aliphatic rings. The highest BCUT2D eigenvalue weighted by Crippen LogP contribution is 2.45. The Kier molecular flexibility index (Phi) is 9.43. The van der Waals surface area contributed by atoms with Crippen molar-refractivity contribution in [2.24, 2.45) is 5.92 Å². The van der Waals surface area contributed by atoms with Crippen LogP contribution in [0.2, 0.25) is 0 Å². The lowest BCUT2D eigenvalue weighted by Crippen LogP contribution is -2.58. The van der Waals surface area contributed by atoms with Crippen LogP contribution in [0.4, 0.5) is 10.5 Å². The van der Waals surface area contributed by atoms with Gasteiger partial charge in [0.2, 0.25) is 11.8 Å². The predicted molar refractivity (Wildman–Crippen MR) is 154 cm³/mol. The van der Waals surface area contributed by atoms with E-state index in [2.05, 4.69) is 20.3 Å². The normalized spacial score (nSPS) is 27.7. The number of pyridine rings is 1. The topological polar surface area (TPSA) is 176 Å². The van der Waals surface area contributed by atoms with E-state index in [1.807, 2.05) is 16.9 Å². The fourth-order valence-corrected chi connectivity index (χ4v) is 6.27. The summed E-state index contributed by atoms with van der Waals surface area (Å²) in [6, 6.07) is 1.29. The summed E-state index contributed by atoms with van der Waals surface area (Å²) in [6.45, 7) is 5.51. The van der Waals surface area contributed by atoms with E-state index in [0.29, 0.717) is 38.6 Å². The first-order valence-corrected chi connectivity index (χ1v) is 15.8. The van der Waals surface area contributed by atoms with E-state index in [0.717, 1.165) is 12.8 Å². The Morgan fingerprint density at radius 3 is 2.64 bits per heavy atom. The molecule has 4 rings (SSSR count). The summed E-state index contributed by atoms with van der Waals surface area (Å²) in [5.41, 5.74) is -2.06. The van der Waals surface area contributed by atoms with Crippen molar-refractivity contribution in [1.29, 1.82) is 0 Å². The van der Waals surface area contributed by atoms with Gasteiger partial charge in [-0.25, -0.2) is 9.52 Å². The van der Waals surface area contributed by atoms with E-state index in [1.165, 1.54) is 23.4 Å². The molecule has 1 saturated heterocycles. The van der Waals surface area contributed by atoms with Gasteiger partial charge in [0.25, 0.3) is 5.91 Å². The third-order valence-corrected chi connectivity index (χ3v) is 8.43. The van der Waals surface area contributed by atoms with Crippen LogP contribution in [0.15, 0.2) is 36.7 Å². The second-order valence-electron chi connectivity index (χ2n) is 12.0. The number of hydrogen-bond donors (Lipinski definition) is 4. The van der Waals surface area contributed by atoms with Crippen molar-refractivity contribution in [3.8, 4) is 0 Å². The van der Waals surface area contributed by atoms with Crippen molar-refractivity contribution < 1.29 is 32.3 Å². The van der Waals surface area contributed by atoms with Gasteiger partial charge in [0.15, 0.2) is 0 Å². The minimum absolute atomic E-state index is 0.170. The SMILES string of the molecule is CC(C)(C)OC(=O)N[C@H]1CCCCC/C=C\[C@@H]2C[C@@]2(C(=O)NS(=O)(=O)Nc2cccnc2)NC(=O)[C@@H]2CCCN2C1=O. The molecule has 230 valence electrons. The van der Waals surface area contributed by atoms with Crippen molar-refractivity contribution in [3.05, 3.63) is 36.7 Å². The molecule has 0 spiro atoms. The van der Waals surface area contributed by atoms with Gasteiger partial charge in [0.1, 0.15) is 23.2 Å². The molecular weight excluding hydrogens is 564 g/mol. The molecule has 1 aromatic rings. The molecule has 1 saturated carbocycles. The average molecular weight is 605 g/mol. The molecule has 0 aromatic carbocycles. The zero-order valence-electron chi connectivity index (χ0n) is 24.2. The number of anilines is 1. The fourth-order valence-electron chi connectivity index (χ4n) is 5.36. The van der Waals surface area contributed by atoms with Crippen LogP contribution in [0, 0.1) is 5.92 Å². The van der Waals surface area contributed by atoms with E-state index < -0.39 is 57.3 Å². The van der Waals surface area contributed by atoms with E-state index in [-0.39, 0.29) is 18.0 Å². The monoisotopic (exact) mass is 604 g/mol. The van der Waals surface area contributed by atoms with Gasteiger partial charge in [-0.2, -0.15) is 8.42 Å². The van der Waals surface area contributed by atoms with Crippen molar-refractivity contribution >= 4 is 39.7 Å². The van der Waals surface area contributed by atoms with Crippen LogP contribution in [0.25, 0.3) is 0 Å². The van der Waals surface area contributed by atoms with Crippen LogP contribution in [-0.2, 0) is 29.3 Å². The smallest absolute Gasteiger partial charge is 0.408 e. The van der Waals surface area contributed by atoms with Crippen LogP contribution < -0.4 is 20.1 Å². The summed E-state index contributed by atoms with van der Waals surface area (Å²) in [6.07, 6.45) is 10.4. The number of nitrogens with zero attached hydrogens (tertiary/aromatic N) is 2. The highest BCUT2D eigenvalue weighted by molar-refractivity contribution is 7.91. The minimum Gasteiger partial charge on any atom is -0.444 e. The van der Waals surface area contributed by atoms with Gasteiger partial charge in [-0.3, -0.25) is 24.1 Å². The van der Waals surface area contributed by atoms with E-state index in [1.54, 1.807) is 26.8 Å². The lowest BCUT2D eigenvalue weighted by molar-refractivity contribution is -0.141. The van der Waals surface area contributed by atoms with Gasteiger partial charge < -0.3 is 20.3 Å². The number of amides is 4. The first kappa shape index (κ1) is 31.3. The number of allylic oxidation sites excluding steroid dienone is 1. The standard InChI is InChI=1S/C28H40N6O7S/c1-27(2,3)41-26(38)30-21-13-8-6-4-5-7-11-19-17-28(19,31-23(35)22-14-10-16-34(22)24(21)36)25(37)33-42(39,40)32-20-12-9-15-29-18-20/h7,9,11-12,15,18-19,21-22,32H,4-6,8,10,13-14,16-17H2,1-3H3,(H,30,38)(H,31,35)(H,33,37)/b11-7-/t19-,21+,22+,28-/m1/s1. The van der Waals surface area contributed by atoms with Crippen LogP contribution in [0.1, 0.15) is 72.1 Å². The largest absolute Gasteiger partial charge is 0.444 e. The molecule has 0 unspecified atom stereocenters. The van der Waals surface area contributed by atoms with Gasteiger partial charge >= 0.3 is 16.3 Å². The Morgan fingerprint density at radius 2 is 1.93 bits per heavy atom. The molecular formula is C28H40N6O7S. The average Bonchev–Trinajstić information content (AvgIpc) is 3.35. The maximum atomic E-state index is 13.7. The molecule has 0 radical (unpaired) electrons. The summed E-state index contributed by atoms with van der Waals surface area (Å²) >= 11 is 0. The molecule has 2 fully saturated rings. The number of ether oxygens (including phenoxy) is 1. The fraction of sp³-hybridized carbons (Fsp3) is 0.607. The molecule has 1 aromatic heterocycles. The number of hydrogen-bond acceptors (Lipinski definition) is 8. The Labute approximate surface area is 246 Å². The number of aromatic nitrogens is 1. The Bertz CT molecular complexity index is 1310. The van der Waals surface area contributed by atoms with E-state index in [9.17, 15) is 27.6 Å². The summed E-state index contributed by atoms with van der Waals surface area (Å²) in [5.74, 6) is -2.21. The summed E-state index contributed by atoms with van der Waals surface area (Å²) in [7, 11) is -4.32. The maximum absolute atomic E-state index is 13.7. The van der Waals surface area contributed by atoms with Crippen molar-refractivity contribution in [2.75, 3.05) is 11.3 Å². The lowest BCUT2D eigenvalue weighted by atomic mass is 10.0. The van der Waals surface area contributed by atoms with E-state index >= 15 is 0 Å². The van der Waals surface area contributed by atoms with Gasteiger partial charge in [-0.1, -0.05) is 25.0 Å². The molecule has 3 heterocycles. The third kappa shape index (κ3) is 7.99. The summed E-state index contributed by atoms with van der Waals surface area (Å²) in [4.78, 5) is 58.5. The lowest BCUT2D eigenvalue weighted by Gasteiger charge is -2.30. The highest BCUT2D eigenvalue weighted by Gasteiger charge is 2.61. The quantitative estimate of drug-likeness (QED) is 0.370. The molecule has 4 amide bonds. The number of carbonyl (C=O) groups excluding carboxylic acids is 4. The number of alkyl carbamates (subject to hydrolysis) is 1. The molecule has 2 aliphatic heterocycles. The zero-order valence-corrected chi connectivity index (χ0v) is 25.0. The summed E-state index contributed by atoms with van der Waals surface area (Å²) < 4.78 is 35.1. The first-order valence-electron chi connectivity index (χ1n) is 14.3. The van der Waals surface area contributed by atoms with Crippen LogP contribution in [-0.4, -0.2) is 71.9 Å². The molecule has 14 heteroatoms. The molecule has 4 N–H and O–H groups in total. The Hall–Kier alpha value is -3.68. The summed E-state index contributed by atoms with van der Waals surface area (Å²) in [5, 5.41) is 5.48. The number of fused-ring (bicyclic) bond motifs is 2. The maximum Gasteiger partial charge on any atom is 0.408 e. The van der Waals surface area contributed by atoms with E-state index in [4.69, 9.17) is 4.74 Å². The number of nitrogens with one attached hydrogen (secondary N) is 4. The van der Waals surface area contributed by atoms with Crippen molar-refractivity contribution in [1.82, 2.24) is 25.2 Å². The second-order valence-corrected chi connectivity index (χ2v) is 13.4. The van der Waals surface area contributed by atoms with Crippen LogP contribution >= 0.6 is 0 Å². The number of rotatable bonds is 5. The molecule has 0 bridgehead atoms. The van der Waals surface area contributed by atoms with Gasteiger partial charge in [-0.15, -0.1) is 0 Å². The number of carbonyl (C=O) groups is 4. The molecule has 42 heavy (non-hydrogen) atoms. The van der Waals surface area contributed by atoms with Gasteiger partial charge in [0, 0.05) is 18.7 Å². The van der Waals surface area contributed by atoms with Gasteiger partial charge in [0.05, 0.1) is 11.9 Å². The minimum atomic E-state index is -4.32. The highest BCUT2D eigenvalue weighted by atomic mass is 32.2.